The van der Waals surface area contributed by atoms with Crippen LogP contribution in [-0.4, -0.2) is 30.3 Å². The number of halogens is 1. The minimum Gasteiger partial charge on any atom is -0.493 e. The zero-order valence-corrected chi connectivity index (χ0v) is 18.4. The number of ether oxygens (including phenoxy) is 2. The lowest BCUT2D eigenvalue weighted by atomic mass is 10.0. The maximum atomic E-state index is 12.6. The number of rotatable bonds is 9. The smallest absolute Gasteiger partial charge is 0.493 e. The predicted molar refractivity (Wildman–Crippen MR) is 124 cm³/mol. The van der Waals surface area contributed by atoms with Crippen molar-refractivity contribution in [2.75, 3.05) is 13.2 Å². The van der Waals surface area contributed by atoms with Crippen LogP contribution in [0.3, 0.4) is 0 Å². The topological polar surface area (TPSA) is 84.9 Å². The van der Waals surface area contributed by atoms with E-state index in [2.05, 4.69) is 10.1 Å². The van der Waals surface area contributed by atoms with Gasteiger partial charge in [0.15, 0.2) is 0 Å². The van der Waals surface area contributed by atoms with Gasteiger partial charge in [-0.15, -0.1) is 0 Å². The van der Waals surface area contributed by atoms with Gasteiger partial charge >= 0.3 is 6.16 Å². The molecule has 0 atom stereocenters. The molecule has 0 aliphatic carbocycles. The molecule has 0 fully saturated rings. The van der Waals surface area contributed by atoms with Gasteiger partial charge in [0, 0.05) is 11.6 Å². The quantitative estimate of drug-likeness (QED) is 0.314. The van der Waals surface area contributed by atoms with Crippen LogP contribution in [0.4, 0.5) is 4.79 Å². The van der Waals surface area contributed by atoms with E-state index in [1.165, 1.54) is 0 Å². The van der Waals surface area contributed by atoms with Crippen LogP contribution in [0.25, 0.3) is 11.1 Å². The van der Waals surface area contributed by atoms with Crippen LogP contribution in [0.1, 0.15) is 29.3 Å². The Kier molecular flexibility index (Phi) is 8.11. The van der Waals surface area contributed by atoms with Gasteiger partial charge in [0.05, 0.1) is 12.2 Å². The van der Waals surface area contributed by atoms with Crippen molar-refractivity contribution in [1.29, 1.82) is 0 Å². The fourth-order valence-electron chi connectivity index (χ4n) is 3.11. The molecule has 0 aromatic heterocycles. The maximum Gasteiger partial charge on any atom is 0.511 e. The molecule has 3 aromatic rings. The fourth-order valence-corrected chi connectivity index (χ4v) is 3.29. The summed E-state index contributed by atoms with van der Waals surface area (Å²) < 4.78 is 10.3. The van der Waals surface area contributed by atoms with Gasteiger partial charge < -0.3 is 19.9 Å². The SMILES string of the molecule is CCCOc1ccc(Cl)cc1C(=O)NCCc1ccc(-c2ccc(OC(=O)O)cc2)cc1. The fraction of sp³-hybridized carbons (Fsp3) is 0.200. The molecule has 0 heterocycles. The van der Waals surface area contributed by atoms with Crippen LogP contribution in [0.5, 0.6) is 11.5 Å². The molecule has 3 rings (SSSR count). The molecule has 0 bridgehead atoms. The monoisotopic (exact) mass is 453 g/mol. The van der Waals surface area contributed by atoms with Gasteiger partial charge in [-0.05, 0) is 59.9 Å². The second kappa shape index (κ2) is 11.2. The highest BCUT2D eigenvalue weighted by Crippen LogP contribution is 2.24. The Morgan fingerprint density at radius 2 is 1.62 bits per heavy atom. The third kappa shape index (κ3) is 6.49. The van der Waals surface area contributed by atoms with Crippen molar-refractivity contribution in [3.63, 3.8) is 0 Å². The van der Waals surface area contributed by atoms with Gasteiger partial charge in [0.25, 0.3) is 5.91 Å². The number of carbonyl (C=O) groups excluding carboxylic acids is 1. The van der Waals surface area contributed by atoms with Gasteiger partial charge in [-0.25, -0.2) is 4.79 Å². The summed E-state index contributed by atoms with van der Waals surface area (Å²) in [6.07, 6.45) is 0.178. The molecule has 0 saturated heterocycles. The van der Waals surface area contributed by atoms with Crippen molar-refractivity contribution in [3.8, 4) is 22.6 Å². The highest BCUT2D eigenvalue weighted by Gasteiger charge is 2.13. The Morgan fingerprint density at radius 1 is 0.969 bits per heavy atom. The largest absolute Gasteiger partial charge is 0.511 e. The summed E-state index contributed by atoms with van der Waals surface area (Å²) in [5, 5.41) is 12.1. The van der Waals surface area contributed by atoms with E-state index in [9.17, 15) is 9.59 Å². The average molecular weight is 454 g/mol. The zero-order valence-electron chi connectivity index (χ0n) is 17.6. The summed E-state index contributed by atoms with van der Waals surface area (Å²) in [5.74, 6) is 0.577. The highest BCUT2D eigenvalue weighted by atomic mass is 35.5. The molecule has 0 radical (unpaired) electrons. The van der Waals surface area contributed by atoms with E-state index in [1.54, 1.807) is 42.5 Å². The molecular weight excluding hydrogens is 430 g/mol. The third-order valence-electron chi connectivity index (χ3n) is 4.69. The first kappa shape index (κ1) is 23.2. The number of carbonyl (C=O) groups is 2. The molecule has 6 nitrogen and oxygen atoms in total. The third-order valence-corrected chi connectivity index (χ3v) is 4.93. The predicted octanol–water partition coefficient (Wildman–Crippen LogP) is 5.83. The molecule has 2 N–H and O–H groups in total. The standard InChI is InChI=1S/C25H24ClNO5/c1-2-15-31-23-12-9-20(26)16-22(23)24(28)27-14-13-17-3-5-18(6-4-17)19-7-10-21(11-8-19)32-25(29)30/h3-12,16H,2,13-15H2,1H3,(H,27,28)(H,29,30). The van der Waals surface area contributed by atoms with E-state index in [0.29, 0.717) is 35.9 Å². The van der Waals surface area contributed by atoms with Crippen molar-refractivity contribution in [2.24, 2.45) is 0 Å². The zero-order chi connectivity index (χ0) is 22.9. The second-order valence-corrected chi connectivity index (χ2v) is 7.52. The lowest BCUT2D eigenvalue weighted by molar-refractivity contribution is 0.0950. The summed E-state index contributed by atoms with van der Waals surface area (Å²) in [7, 11) is 0. The number of nitrogens with one attached hydrogen (secondary N) is 1. The molecule has 0 aliphatic heterocycles. The molecule has 166 valence electrons. The van der Waals surface area contributed by atoms with Gasteiger partial charge in [-0.2, -0.15) is 0 Å². The van der Waals surface area contributed by atoms with Gasteiger partial charge in [0.2, 0.25) is 0 Å². The summed E-state index contributed by atoms with van der Waals surface area (Å²) in [6.45, 7) is 3.01. The van der Waals surface area contributed by atoms with Crippen LogP contribution >= 0.6 is 11.6 Å². The van der Waals surface area contributed by atoms with Crippen LogP contribution in [0, 0.1) is 0 Å². The number of amides is 1. The van der Waals surface area contributed by atoms with Gasteiger partial charge in [-0.3, -0.25) is 4.79 Å². The van der Waals surface area contributed by atoms with E-state index in [1.807, 2.05) is 31.2 Å². The van der Waals surface area contributed by atoms with Crippen molar-refractivity contribution in [2.45, 2.75) is 19.8 Å². The summed E-state index contributed by atoms with van der Waals surface area (Å²) in [4.78, 5) is 23.2. The van der Waals surface area contributed by atoms with Crippen molar-refractivity contribution in [1.82, 2.24) is 5.32 Å². The van der Waals surface area contributed by atoms with Crippen LogP contribution < -0.4 is 14.8 Å². The van der Waals surface area contributed by atoms with Crippen molar-refractivity contribution >= 4 is 23.7 Å². The minimum absolute atomic E-state index is 0.223. The van der Waals surface area contributed by atoms with Crippen LogP contribution in [-0.2, 0) is 6.42 Å². The van der Waals surface area contributed by atoms with Crippen LogP contribution in [0.2, 0.25) is 5.02 Å². The molecule has 7 heteroatoms. The van der Waals surface area contributed by atoms with Gasteiger partial charge in [0.1, 0.15) is 11.5 Å². The Labute approximate surface area is 191 Å². The summed E-state index contributed by atoms with van der Waals surface area (Å²) in [6, 6.07) is 19.8. The van der Waals surface area contributed by atoms with E-state index >= 15 is 0 Å². The van der Waals surface area contributed by atoms with Crippen LogP contribution in [0.15, 0.2) is 66.7 Å². The Morgan fingerprint density at radius 3 is 2.25 bits per heavy atom. The number of benzene rings is 3. The molecule has 0 spiro atoms. The molecule has 0 aliphatic rings. The lowest BCUT2D eigenvalue weighted by Crippen LogP contribution is -2.26. The number of hydrogen-bond donors (Lipinski definition) is 2. The van der Waals surface area contributed by atoms with E-state index in [-0.39, 0.29) is 11.7 Å². The normalized spacial score (nSPS) is 10.4. The molecule has 1 amide bonds. The first-order valence-corrected chi connectivity index (χ1v) is 10.6. The van der Waals surface area contributed by atoms with Gasteiger partial charge in [-0.1, -0.05) is 54.9 Å². The summed E-state index contributed by atoms with van der Waals surface area (Å²) >= 11 is 6.05. The van der Waals surface area contributed by atoms with E-state index in [4.69, 9.17) is 21.4 Å². The molecule has 32 heavy (non-hydrogen) atoms. The molecule has 0 unspecified atom stereocenters. The maximum absolute atomic E-state index is 12.6. The summed E-state index contributed by atoms with van der Waals surface area (Å²) in [5.41, 5.74) is 3.45. The number of hydrogen-bond acceptors (Lipinski definition) is 4. The van der Waals surface area contributed by atoms with Crippen molar-refractivity contribution < 1.29 is 24.2 Å². The minimum atomic E-state index is -1.34. The van der Waals surface area contributed by atoms with E-state index in [0.717, 1.165) is 23.1 Å². The highest BCUT2D eigenvalue weighted by molar-refractivity contribution is 6.31. The Hall–Kier alpha value is -3.51. The Bertz CT molecular complexity index is 1060. The Balaban J connectivity index is 1.56. The van der Waals surface area contributed by atoms with Crippen molar-refractivity contribution in [3.05, 3.63) is 82.9 Å². The second-order valence-electron chi connectivity index (χ2n) is 7.08. The average Bonchev–Trinajstić information content (AvgIpc) is 2.79. The first-order chi connectivity index (χ1) is 15.5. The van der Waals surface area contributed by atoms with E-state index < -0.39 is 6.16 Å². The molecule has 3 aromatic carbocycles. The number of carboxylic acid groups (broad SMARTS) is 1. The molecule has 0 saturated carbocycles. The first-order valence-electron chi connectivity index (χ1n) is 10.3. The molecular formula is C25H24ClNO5. The lowest BCUT2D eigenvalue weighted by Gasteiger charge is -2.12.